The van der Waals surface area contributed by atoms with E-state index in [2.05, 4.69) is 5.32 Å². The average Bonchev–Trinajstić information content (AvgIpc) is 2.97. The maximum Gasteiger partial charge on any atom is 0.343 e. The largest absolute Gasteiger partial charge is 0.496 e. The Hall–Kier alpha value is -4.35. The van der Waals surface area contributed by atoms with Gasteiger partial charge in [-0.05, 0) is 44.5 Å². The molecule has 0 fully saturated rings. The lowest BCUT2D eigenvalue weighted by Crippen LogP contribution is -2.23. The summed E-state index contributed by atoms with van der Waals surface area (Å²) in [5.74, 6) is -3.64. The summed E-state index contributed by atoms with van der Waals surface area (Å²) in [6.45, 7) is 3.28. The van der Waals surface area contributed by atoms with Crippen molar-refractivity contribution in [3.63, 3.8) is 0 Å². The Kier molecular flexibility index (Phi) is 8.69. The highest BCUT2D eigenvalue weighted by molar-refractivity contribution is 5.96. The number of carbonyl (C=O) groups is 1. The van der Waals surface area contributed by atoms with Crippen LogP contribution in [0.15, 0.2) is 41.3 Å². The maximum atomic E-state index is 15.2. The van der Waals surface area contributed by atoms with Gasteiger partial charge in [0.15, 0.2) is 11.6 Å². The fourth-order valence-corrected chi connectivity index (χ4v) is 4.73. The average molecular weight is 571 g/mol. The number of aliphatic hydroxyl groups excluding tert-OH is 2. The number of benzene rings is 3. The second-order valence-corrected chi connectivity index (χ2v) is 9.34. The zero-order valence-electron chi connectivity index (χ0n) is 22.9. The lowest BCUT2D eigenvalue weighted by molar-refractivity contribution is 0.0524. The van der Waals surface area contributed by atoms with Gasteiger partial charge >= 0.3 is 5.97 Å². The van der Waals surface area contributed by atoms with Crippen molar-refractivity contribution in [2.24, 2.45) is 0 Å². The van der Waals surface area contributed by atoms with Gasteiger partial charge in [0, 0.05) is 35.0 Å². The van der Waals surface area contributed by atoms with Crippen molar-refractivity contribution in [2.75, 3.05) is 19.0 Å². The maximum absolute atomic E-state index is 15.2. The number of pyridine rings is 1. The highest BCUT2D eigenvalue weighted by Crippen LogP contribution is 2.32. The SMILES string of the molecule is CCOC(=O)c1cn(-c2cc(NCc3ccc(CO)cc3OC)c(F)cc2CO)c2c(C)c(F)c(F)c(C)c2c1=O. The smallest absolute Gasteiger partial charge is 0.343 e. The monoisotopic (exact) mass is 570 g/mol. The molecule has 0 aliphatic rings. The Morgan fingerprint density at radius 3 is 2.34 bits per heavy atom. The zero-order valence-corrected chi connectivity index (χ0v) is 22.9. The molecule has 3 aromatic carbocycles. The number of hydrogen-bond donors (Lipinski definition) is 3. The zero-order chi connectivity index (χ0) is 30.0. The molecule has 4 aromatic rings. The topological polar surface area (TPSA) is 110 Å². The predicted octanol–water partition coefficient (Wildman–Crippen LogP) is 4.81. The number of halogens is 3. The Morgan fingerprint density at radius 2 is 1.71 bits per heavy atom. The van der Waals surface area contributed by atoms with E-state index in [9.17, 15) is 28.6 Å². The molecule has 0 amide bonds. The van der Waals surface area contributed by atoms with Gasteiger partial charge in [0.05, 0.1) is 49.2 Å². The summed E-state index contributed by atoms with van der Waals surface area (Å²) in [6.07, 6.45) is 1.12. The standard InChI is InChI=1S/C30H29F3N2O6/c1-5-41-30(39)20-12-35(28-16(3)27(33)26(32)15(2)25(28)29(20)38)23-10-22(21(31)9-19(23)14-37)34-11-18-7-6-17(13-36)8-24(18)40-4/h6-10,12,34,36-37H,5,11,13-14H2,1-4H3. The Labute approximate surface area is 233 Å². The molecule has 11 heteroatoms. The van der Waals surface area contributed by atoms with Crippen molar-refractivity contribution in [2.45, 2.75) is 40.5 Å². The van der Waals surface area contributed by atoms with Crippen molar-refractivity contribution < 1.29 is 37.7 Å². The van der Waals surface area contributed by atoms with Crippen molar-refractivity contribution >= 4 is 22.6 Å². The van der Waals surface area contributed by atoms with Gasteiger partial charge in [-0.3, -0.25) is 4.79 Å². The third-order valence-electron chi connectivity index (χ3n) is 6.89. The fraction of sp³-hybridized carbons (Fsp3) is 0.267. The molecule has 0 bridgehead atoms. The minimum absolute atomic E-state index is 0.0213. The van der Waals surface area contributed by atoms with Crippen molar-refractivity contribution in [3.8, 4) is 11.4 Å². The predicted molar refractivity (Wildman–Crippen MR) is 147 cm³/mol. The first-order chi connectivity index (χ1) is 19.6. The summed E-state index contributed by atoms with van der Waals surface area (Å²) >= 11 is 0. The number of anilines is 1. The van der Waals surface area contributed by atoms with Crippen molar-refractivity contribution in [3.05, 3.63) is 97.6 Å². The lowest BCUT2D eigenvalue weighted by Gasteiger charge is -2.21. The number of nitrogens with zero attached hydrogens (tertiary/aromatic N) is 1. The van der Waals surface area contributed by atoms with Crippen LogP contribution in [0.4, 0.5) is 18.9 Å². The first-order valence-electron chi connectivity index (χ1n) is 12.7. The number of rotatable bonds is 9. The van der Waals surface area contributed by atoms with Crippen LogP contribution < -0.4 is 15.5 Å². The number of aliphatic hydroxyl groups is 2. The Morgan fingerprint density at radius 1 is 1.00 bits per heavy atom. The summed E-state index contributed by atoms with van der Waals surface area (Å²) in [4.78, 5) is 26.1. The molecule has 0 spiro atoms. The summed E-state index contributed by atoms with van der Waals surface area (Å²) in [5.41, 5.74) is -0.433. The third kappa shape index (κ3) is 5.38. The molecular formula is C30H29F3N2O6. The molecule has 0 atom stereocenters. The molecule has 0 aliphatic heterocycles. The van der Waals surface area contributed by atoms with E-state index in [-0.39, 0.29) is 58.7 Å². The van der Waals surface area contributed by atoms with E-state index in [0.29, 0.717) is 16.9 Å². The van der Waals surface area contributed by atoms with Crippen molar-refractivity contribution in [1.82, 2.24) is 4.57 Å². The number of aryl methyl sites for hydroxylation is 2. The number of carbonyl (C=O) groups excluding carboxylic acids is 1. The van der Waals surface area contributed by atoms with Crippen LogP contribution in [-0.2, 0) is 24.5 Å². The number of methoxy groups -OCH3 is 1. The molecule has 0 saturated heterocycles. The van der Waals surface area contributed by atoms with Gasteiger partial charge in [0.1, 0.15) is 17.1 Å². The van der Waals surface area contributed by atoms with Crippen LogP contribution in [0, 0.1) is 31.3 Å². The van der Waals surface area contributed by atoms with Crippen molar-refractivity contribution in [1.29, 1.82) is 0 Å². The molecule has 1 heterocycles. The van der Waals surface area contributed by atoms with Crippen LogP contribution in [-0.4, -0.2) is 34.5 Å². The van der Waals surface area contributed by atoms with Gasteiger partial charge in [-0.2, -0.15) is 0 Å². The van der Waals surface area contributed by atoms with E-state index < -0.39 is 41.0 Å². The van der Waals surface area contributed by atoms with Crippen LogP contribution in [0.3, 0.4) is 0 Å². The Balaban J connectivity index is 1.96. The fourth-order valence-electron chi connectivity index (χ4n) is 4.73. The van der Waals surface area contributed by atoms with E-state index in [1.54, 1.807) is 25.1 Å². The van der Waals surface area contributed by atoms with E-state index in [0.717, 1.165) is 12.3 Å². The normalized spacial score (nSPS) is 11.1. The quantitative estimate of drug-likeness (QED) is 0.248. The summed E-state index contributed by atoms with van der Waals surface area (Å²) in [6, 6.07) is 7.46. The van der Waals surface area contributed by atoms with Gasteiger partial charge in [-0.15, -0.1) is 0 Å². The number of hydrogen-bond acceptors (Lipinski definition) is 7. The number of aromatic nitrogens is 1. The molecule has 4 rings (SSSR count). The Bertz CT molecular complexity index is 1720. The molecule has 8 nitrogen and oxygen atoms in total. The van der Waals surface area contributed by atoms with Crippen LogP contribution >= 0.6 is 0 Å². The van der Waals surface area contributed by atoms with E-state index in [1.165, 1.54) is 31.6 Å². The molecule has 3 N–H and O–H groups in total. The lowest BCUT2D eigenvalue weighted by atomic mass is 10.00. The molecule has 0 saturated carbocycles. The van der Waals surface area contributed by atoms with Crippen LogP contribution in [0.5, 0.6) is 5.75 Å². The number of esters is 1. The number of fused-ring (bicyclic) bond motifs is 1. The second-order valence-electron chi connectivity index (χ2n) is 9.34. The molecule has 0 radical (unpaired) electrons. The van der Waals surface area contributed by atoms with Gasteiger partial charge in [0.2, 0.25) is 5.43 Å². The summed E-state index contributed by atoms with van der Waals surface area (Å²) < 4.78 is 56.6. The molecule has 0 aliphatic carbocycles. The number of ether oxygens (including phenoxy) is 2. The highest BCUT2D eigenvalue weighted by Gasteiger charge is 2.25. The van der Waals surface area contributed by atoms with Gasteiger partial charge < -0.3 is 29.6 Å². The van der Waals surface area contributed by atoms with Crippen LogP contribution in [0.2, 0.25) is 0 Å². The number of nitrogens with one attached hydrogen (secondary N) is 1. The van der Waals surface area contributed by atoms with E-state index in [4.69, 9.17) is 9.47 Å². The van der Waals surface area contributed by atoms with Gasteiger partial charge in [-0.25, -0.2) is 18.0 Å². The molecule has 216 valence electrons. The van der Waals surface area contributed by atoms with Crippen LogP contribution in [0.25, 0.3) is 16.6 Å². The van der Waals surface area contributed by atoms with E-state index >= 15 is 4.39 Å². The molecule has 1 aromatic heterocycles. The molecular weight excluding hydrogens is 541 g/mol. The van der Waals surface area contributed by atoms with Crippen LogP contribution in [0.1, 0.15) is 45.1 Å². The molecule has 41 heavy (non-hydrogen) atoms. The minimum atomic E-state index is -1.23. The minimum Gasteiger partial charge on any atom is -0.496 e. The van der Waals surface area contributed by atoms with Gasteiger partial charge in [-0.1, -0.05) is 12.1 Å². The third-order valence-corrected chi connectivity index (χ3v) is 6.89. The second kappa shape index (κ2) is 12.0. The first kappa shape index (κ1) is 29.6. The first-order valence-corrected chi connectivity index (χ1v) is 12.7. The molecule has 0 unspecified atom stereocenters. The highest BCUT2D eigenvalue weighted by atomic mass is 19.2. The summed E-state index contributed by atoms with van der Waals surface area (Å²) in [5, 5.41) is 22.2. The van der Waals surface area contributed by atoms with Gasteiger partial charge in [0.25, 0.3) is 0 Å². The van der Waals surface area contributed by atoms with E-state index in [1.807, 2.05) is 0 Å². The summed E-state index contributed by atoms with van der Waals surface area (Å²) in [7, 11) is 1.46.